The topological polar surface area (TPSA) is 52.6 Å². The van der Waals surface area contributed by atoms with Gasteiger partial charge < -0.3 is 15.3 Å². The van der Waals surface area contributed by atoms with Crippen LogP contribution in [0.2, 0.25) is 0 Å². The van der Waals surface area contributed by atoms with E-state index in [2.05, 4.69) is 17.4 Å². The van der Waals surface area contributed by atoms with Crippen molar-refractivity contribution >= 4 is 23.4 Å². The molecular formula is C20H24N2O2. The molecule has 4 heteroatoms. The van der Waals surface area contributed by atoms with Crippen LogP contribution < -0.4 is 10.2 Å². The van der Waals surface area contributed by atoms with E-state index in [9.17, 15) is 4.79 Å². The number of hydrogen-bond donors (Lipinski definition) is 2. The second kappa shape index (κ2) is 8.89. The average Bonchev–Trinajstić information content (AvgIpc) is 2.57. The number of aryl methyl sites for hydroxylation is 1. The highest BCUT2D eigenvalue weighted by Crippen LogP contribution is 2.16. The van der Waals surface area contributed by atoms with Gasteiger partial charge >= 0.3 is 0 Å². The monoisotopic (exact) mass is 324 g/mol. The van der Waals surface area contributed by atoms with Gasteiger partial charge in [-0.25, -0.2) is 0 Å². The molecule has 0 bridgehead atoms. The Bertz CT molecular complexity index is 676. The first-order chi connectivity index (χ1) is 11.6. The van der Waals surface area contributed by atoms with Crippen LogP contribution in [0.15, 0.2) is 54.6 Å². The highest BCUT2D eigenvalue weighted by Gasteiger charge is 2.02. The van der Waals surface area contributed by atoms with Gasteiger partial charge in [0.2, 0.25) is 5.91 Å². The lowest BCUT2D eigenvalue weighted by Crippen LogP contribution is -2.21. The molecule has 0 unspecified atom stereocenters. The molecule has 0 heterocycles. The first kappa shape index (κ1) is 17.8. The highest BCUT2D eigenvalue weighted by atomic mass is 16.3. The van der Waals surface area contributed by atoms with E-state index in [1.165, 1.54) is 5.56 Å². The van der Waals surface area contributed by atoms with Crippen molar-refractivity contribution in [3.63, 3.8) is 0 Å². The Morgan fingerprint density at radius 3 is 2.42 bits per heavy atom. The second-order valence-corrected chi connectivity index (χ2v) is 5.76. The molecule has 2 N–H and O–H groups in total. The molecule has 1 amide bonds. The van der Waals surface area contributed by atoms with Crippen molar-refractivity contribution in [2.45, 2.75) is 13.3 Å². The van der Waals surface area contributed by atoms with Crippen molar-refractivity contribution in [1.29, 1.82) is 0 Å². The molecular weight excluding hydrogens is 300 g/mol. The molecule has 2 rings (SSSR count). The van der Waals surface area contributed by atoms with Gasteiger partial charge in [0.1, 0.15) is 0 Å². The number of carbonyl (C=O) groups is 1. The largest absolute Gasteiger partial charge is 0.395 e. The Labute approximate surface area is 143 Å². The smallest absolute Gasteiger partial charge is 0.228 e. The molecule has 2 aromatic carbocycles. The number of anilines is 2. The molecule has 0 radical (unpaired) electrons. The summed E-state index contributed by atoms with van der Waals surface area (Å²) in [5.41, 5.74) is 4.08. The summed E-state index contributed by atoms with van der Waals surface area (Å²) in [4.78, 5) is 13.9. The second-order valence-electron chi connectivity index (χ2n) is 5.76. The van der Waals surface area contributed by atoms with Crippen LogP contribution in [0.25, 0.3) is 6.08 Å². The zero-order chi connectivity index (χ0) is 17.4. The van der Waals surface area contributed by atoms with Crippen LogP contribution in [0.4, 0.5) is 11.4 Å². The number of amides is 1. The Hall–Kier alpha value is -2.59. The predicted molar refractivity (Wildman–Crippen MR) is 100 cm³/mol. The van der Waals surface area contributed by atoms with Crippen molar-refractivity contribution in [1.82, 2.24) is 0 Å². The van der Waals surface area contributed by atoms with Gasteiger partial charge in [-0.2, -0.15) is 0 Å². The maximum absolute atomic E-state index is 12.0. The molecule has 0 spiro atoms. The summed E-state index contributed by atoms with van der Waals surface area (Å²) >= 11 is 0. The Kier molecular flexibility index (Phi) is 6.58. The van der Waals surface area contributed by atoms with Crippen LogP contribution in [0.5, 0.6) is 0 Å². The fourth-order valence-corrected chi connectivity index (χ4v) is 2.27. The van der Waals surface area contributed by atoms with Crippen LogP contribution >= 0.6 is 0 Å². The lowest BCUT2D eigenvalue weighted by atomic mass is 10.1. The van der Waals surface area contributed by atoms with Gasteiger partial charge in [0, 0.05) is 31.4 Å². The number of carbonyl (C=O) groups excluding carboxylic acids is 1. The van der Waals surface area contributed by atoms with Crippen molar-refractivity contribution in [3.05, 3.63) is 65.7 Å². The normalized spacial score (nSPS) is 10.8. The van der Waals surface area contributed by atoms with E-state index < -0.39 is 0 Å². The first-order valence-electron chi connectivity index (χ1n) is 8.03. The van der Waals surface area contributed by atoms with E-state index in [1.807, 2.05) is 67.4 Å². The maximum Gasteiger partial charge on any atom is 0.228 e. The molecule has 24 heavy (non-hydrogen) atoms. The minimum absolute atomic E-state index is 0.0465. The third-order valence-electron chi connectivity index (χ3n) is 3.72. The SMILES string of the molecule is Cc1ccc(/C=C/CC(=O)Nc2ccc(N(C)CCO)cc2)cc1. The number of aliphatic hydroxyl groups is 1. The van der Waals surface area contributed by atoms with Gasteiger partial charge in [0.15, 0.2) is 0 Å². The Balaban J connectivity index is 1.84. The molecule has 4 nitrogen and oxygen atoms in total. The number of hydrogen-bond acceptors (Lipinski definition) is 3. The zero-order valence-electron chi connectivity index (χ0n) is 14.2. The minimum Gasteiger partial charge on any atom is -0.395 e. The minimum atomic E-state index is -0.0465. The van der Waals surface area contributed by atoms with Gasteiger partial charge in [0.05, 0.1) is 6.61 Å². The third-order valence-corrected chi connectivity index (χ3v) is 3.72. The number of aliphatic hydroxyl groups excluding tert-OH is 1. The van der Waals surface area contributed by atoms with Crippen molar-refractivity contribution in [2.75, 3.05) is 30.4 Å². The molecule has 0 aliphatic heterocycles. The standard InChI is InChI=1S/C20H24N2O2/c1-16-6-8-17(9-7-16)4-3-5-20(24)21-18-10-12-19(13-11-18)22(2)14-15-23/h3-4,6-13,23H,5,14-15H2,1-2H3,(H,21,24)/b4-3+. The number of nitrogens with one attached hydrogen (secondary N) is 1. The number of nitrogens with zero attached hydrogens (tertiary/aromatic N) is 1. The molecule has 0 fully saturated rings. The molecule has 0 saturated heterocycles. The van der Waals surface area contributed by atoms with Crippen molar-refractivity contribution < 1.29 is 9.90 Å². The summed E-state index contributed by atoms with van der Waals surface area (Å²) < 4.78 is 0. The van der Waals surface area contributed by atoms with Crippen molar-refractivity contribution in [3.8, 4) is 0 Å². The number of benzene rings is 2. The van der Waals surface area contributed by atoms with Crippen LogP contribution in [0.3, 0.4) is 0 Å². The van der Waals surface area contributed by atoms with Gasteiger partial charge in [-0.1, -0.05) is 42.0 Å². The van der Waals surface area contributed by atoms with E-state index in [4.69, 9.17) is 5.11 Å². The lowest BCUT2D eigenvalue weighted by molar-refractivity contribution is -0.115. The summed E-state index contributed by atoms with van der Waals surface area (Å²) in [5.74, 6) is -0.0465. The maximum atomic E-state index is 12.0. The molecule has 0 aliphatic rings. The van der Waals surface area contributed by atoms with Crippen molar-refractivity contribution in [2.24, 2.45) is 0 Å². The number of rotatable bonds is 7. The molecule has 2 aromatic rings. The average molecular weight is 324 g/mol. The fraction of sp³-hybridized carbons (Fsp3) is 0.250. The Morgan fingerprint density at radius 1 is 1.12 bits per heavy atom. The third kappa shape index (κ3) is 5.56. The van der Waals surface area contributed by atoms with Crippen LogP contribution in [0.1, 0.15) is 17.5 Å². The van der Waals surface area contributed by atoms with Gasteiger partial charge in [-0.15, -0.1) is 0 Å². The number of likely N-dealkylation sites (N-methyl/N-ethyl adjacent to an activating group) is 1. The molecule has 0 aliphatic carbocycles. The van der Waals surface area contributed by atoms with E-state index in [0.717, 1.165) is 16.9 Å². The summed E-state index contributed by atoms with van der Waals surface area (Å²) in [5, 5.41) is 11.8. The summed E-state index contributed by atoms with van der Waals surface area (Å²) in [6, 6.07) is 15.7. The predicted octanol–water partition coefficient (Wildman–Crippen LogP) is 3.47. The highest BCUT2D eigenvalue weighted by molar-refractivity contribution is 5.92. The summed E-state index contributed by atoms with van der Waals surface area (Å²) in [7, 11) is 1.92. The lowest BCUT2D eigenvalue weighted by Gasteiger charge is -2.18. The van der Waals surface area contributed by atoms with E-state index in [-0.39, 0.29) is 12.5 Å². The van der Waals surface area contributed by atoms with E-state index >= 15 is 0 Å². The molecule has 126 valence electrons. The quantitative estimate of drug-likeness (QED) is 0.820. The van der Waals surface area contributed by atoms with Gasteiger partial charge in [-0.3, -0.25) is 4.79 Å². The fourth-order valence-electron chi connectivity index (χ4n) is 2.27. The van der Waals surface area contributed by atoms with E-state index in [1.54, 1.807) is 0 Å². The van der Waals surface area contributed by atoms with E-state index in [0.29, 0.717) is 13.0 Å². The van der Waals surface area contributed by atoms with Gasteiger partial charge in [0.25, 0.3) is 0 Å². The summed E-state index contributed by atoms with van der Waals surface area (Å²) in [6.45, 7) is 2.74. The summed E-state index contributed by atoms with van der Waals surface area (Å²) in [6.07, 6.45) is 4.15. The first-order valence-corrected chi connectivity index (χ1v) is 8.03. The van der Waals surface area contributed by atoms with Crippen LogP contribution in [-0.4, -0.2) is 31.2 Å². The molecule has 0 aromatic heterocycles. The molecule has 0 atom stereocenters. The van der Waals surface area contributed by atoms with Crippen LogP contribution in [0, 0.1) is 6.92 Å². The Morgan fingerprint density at radius 2 is 1.79 bits per heavy atom. The van der Waals surface area contributed by atoms with Gasteiger partial charge in [-0.05, 0) is 36.8 Å². The zero-order valence-corrected chi connectivity index (χ0v) is 14.2. The van der Waals surface area contributed by atoms with Crippen LogP contribution in [-0.2, 0) is 4.79 Å². The molecule has 0 saturated carbocycles.